The molecule has 0 unspecified atom stereocenters. The van der Waals surface area contributed by atoms with Gasteiger partial charge in [0.2, 0.25) is 12.0 Å². The molecule has 25 heavy (non-hydrogen) atoms. The molecule has 1 aliphatic rings. The summed E-state index contributed by atoms with van der Waals surface area (Å²) in [5.74, 6) is -1.38. The van der Waals surface area contributed by atoms with Crippen molar-refractivity contribution >= 4 is 23.5 Å². The summed E-state index contributed by atoms with van der Waals surface area (Å²) >= 11 is 0. The van der Waals surface area contributed by atoms with Gasteiger partial charge >= 0.3 is 5.97 Å². The third kappa shape index (κ3) is 3.68. The van der Waals surface area contributed by atoms with Crippen molar-refractivity contribution in [3.05, 3.63) is 65.7 Å². The summed E-state index contributed by atoms with van der Waals surface area (Å²) in [7, 11) is 0. The smallest absolute Gasteiger partial charge is 0.339 e. The fraction of sp³-hybridized carbons (Fsp3) is 0.211. The van der Waals surface area contributed by atoms with E-state index >= 15 is 0 Å². The molecule has 0 saturated carbocycles. The zero-order chi connectivity index (χ0) is 17.8. The van der Waals surface area contributed by atoms with E-state index in [0.717, 1.165) is 6.42 Å². The van der Waals surface area contributed by atoms with Crippen LogP contribution in [0.5, 0.6) is 0 Å². The van der Waals surface area contributed by atoms with Crippen LogP contribution >= 0.6 is 0 Å². The Labute approximate surface area is 145 Å². The maximum atomic E-state index is 12.4. The van der Waals surface area contributed by atoms with Gasteiger partial charge in [-0.25, -0.2) is 4.79 Å². The first kappa shape index (κ1) is 16.7. The monoisotopic (exact) mass is 338 g/mol. The van der Waals surface area contributed by atoms with Crippen LogP contribution < -0.4 is 10.6 Å². The first-order chi connectivity index (χ1) is 12.1. The highest BCUT2D eigenvalue weighted by molar-refractivity contribution is 5.98. The maximum absolute atomic E-state index is 12.4. The summed E-state index contributed by atoms with van der Waals surface area (Å²) in [4.78, 5) is 37.6. The van der Waals surface area contributed by atoms with Gasteiger partial charge in [0.15, 0.2) is 0 Å². The third-order valence-corrected chi connectivity index (χ3v) is 4.05. The Morgan fingerprint density at radius 2 is 1.84 bits per heavy atom. The second kappa shape index (κ2) is 7.17. The Balaban J connectivity index is 1.80. The number of rotatable bonds is 5. The number of nitrogens with two attached hydrogens (primary N) is 1. The van der Waals surface area contributed by atoms with Crippen molar-refractivity contribution in [2.45, 2.75) is 18.9 Å². The zero-order valence-corrected chi connectivity index (χ0v) is 13.6. The SMILES string of the molecule is NC(=O)[C@H](OC(=O)c1cccc(N2CCCC2=O)c1)c1ccccc1. The lowest BCUT2D eigenvalue weighted by Gasteiger charge is -2.18. The minimum Gasteiger partial charge on any atom is -0.444 e. The number of hydrogen-bond donors (Lipinski definition) is 1. The molecule has 2 N–H and O–H groups in total. The summed E-state index contributed by atoms with van der Waals surface area (Å²) in [6.45, 7) is 0.630. The van der Waals surface area contributed by atoms with Gasteiger partial charge in [-0.15, -0.1) is 0 Å². The van der Waals surface area contributed by atoms with E-state index in [-0.39, 0.29) is 11.5 Å². The number of carbonyl (C=O) groups is 3. The number of anilines is 1. The molecule has 0 bridgehead atoms. The number of amides is 2. The Hall–Kier alpha value is -3.15. The Kier molecular flexibility index (Phi) is 4.79. The highest BCUT2D eigenvalue weighted by Gasteiger charge is 2.25. The number of benzene rings is 2. The summed E-state index contributed by atoms with van der Waals surface area (Å²) in [5, 5.41) is 0. The number of primary amides is 1. The second-order valence-electron chi connectivity index (χ2n) is 5.80. The summed E-state index contributed by atoms with van der Waals surface area (Å²) in [6.07, 6.45) is 0.142. The van der Waals surface area contributed by atoms with Crippen molar-refractivity contribution in [3.63, 3.8) is 0 Å². The average molecular weight is 338 g/mol. The van der Waals surface area contributed by atoms with Crippen molar-refractivity contribution in [3.8, 4) is 0 Å². The molecule has 6 nitrogen and oxygen atoms in total. The van der Waals surface area contributed by atoms with E-state index in [1.54, 1.807) is 59.5 Å². The number of esters is 1. The number of carbonyl (C=O) groups excluding carboxylic acids is 3. The molecule has 1 atom stereocenters. The van der Waals surface area contributed by atoms with E-state index in [1.807, 2.05) is 0 Å². The van der Waals surface area contributed by atoms with E-state index in [0.29, 0.717) is 24.2 Å². The van der Waals surface area contributed by atoms with Crippen LogP contribution in [0, 0.1) is 0 Å². The van der Waals surface area contributed by atoms with Crippen LogP contribution in [-0.2, 0) is 14.3 Å². The molecule has 1 aliphatic heterocycles. The van der Waals surface area contributed by atoms with Crippen LogP contribution in [0.4, 0.5) is 5.69 Å². The quantitative estimate of drug-likeness (QED) is 0.846. The van der Waals surface area contributed by atoms with Crippen molar-refractivity contribution in [2.24, 2.45) is 5.73 Å². The van der Waals surface area contributed by atoms with Gasteiger partial charge in [0, 0.05) is 24.2 Å². The summed E-state index contributed by atoms with van der Waals surface area (Å²) < 4.78 is 5.31. The Bertz CT molecular complexity index is 804. The van der Waals surface area contributed by atoms with E-state index in [9.17, 15) is 14.4 Å². The van der Waals surface area contributed by atoms with Crippen LogP contribution in [-0.4, -0.2) is 24.3 Å². The molecule has 128 valence electrons. The molecule has 1 saturated heterocycles. The minimum absolute atomic E-state index is 0.0322. The molecule has 1 heterocycles. The topological polar surface area (TPSA) is 89.7 Å². The molecule has 6 heteroatoms. The molecule has 0 aliphatic carbocycles. The van der Waals surface area contributed by atoms with Gasteiger partial charge in [0.25, 0.3) is 5.91 Å². The second-order valence-corrected chi connectivity index (χ2v) is 5.80. The number of nitrogens with zero attached hydrogens (tertiary/aromatic N) is 1. The first-order valence-electron chi connectivity index (χ1n) is 8.02. The lowest BCUT2D eigenvalue weighted by atomic mass is 10.1. The maximum Gasteiger partial charge on any atom is 0.339 e. The average Bonchev–Trinajstić information content (AvgIpc) is 3.06. The molecule has 2 aromatic rings. The number of hydrogen-bond acceptors (Lipinski definition) is 4. The van der Waals surface area contributed by atoms with Gasteiger partial charge < -0.3 is 15.4 Å². The third-order valence-electron chi connectivity index (χ3n) is 4.05. The molecule has 2 aromatic carbocycles. The zero-order valence-electron chi connectivity index (χ0n) is 13.6. The van der Waals surface area contributed by atoms with Gasteiger partial charge in [0.1, 0.15) is 0 Å². The molecule has 2 amide bonds. The van der Waals surface area contributed by atoms with Crippen LogP contribution in [0.3, 0.4) is 0 Å². The Morgan fingerprint density at radius 1 is 1.08 bits per heavy atom. The van der Waals surface area contributed by atoms with Crippen LogP contribution in [0.25, 0.3) is 0 Å². The minimum atomic E-state index is -1.16. The molecular formula is C19H18N2O4. The Morgan fingerprint density at radius 3 is 2.48 bits per heavy atom. The number of ether oxygens (including phenoxy) is 1. The molecule has 0 radical (unpaired) electrons. The predicted octanol–water partition coefficient (Wildman–Crippen LogP) is 2.20. The van der Waals surface area contributed by atoms with Gasteiger partial charge in [-0.05, 0) is 24.6 Å². The normalized spacial score (nSPS) is 15.0. The van der Waals surface area contributed by atoms with Gasteiger partial charge in [-0.2, -0.15) is 0 Å². The molecule has 0 aromatic heterocycles. The highest BCUT2D eigenvalue weighted by Crippen LogP contribution is 2.24. The lowest BCUT2D eigenvalue weighted by Crippen LogP contribution is -2.26. The van der Waals surface area contributed by atoms with E-state index < -0.39 is 18.0 Å². The molecule has 1 fully saturated rings. The van der Waals surface area contributed by atoms with E-state index in [4.69, 9.17) is 10.5 Å². The highest BCUT2D eigenvalue weighted by atomic mass is 16.5. The fourth-order valence-electron chi connectivity index (χ4n) is 2.82. The lowest BCUT2D eigenvalue weighted by molar-refractivity contribution is -0.127. The van der Waals surface area contributed by atoms with Gasteiger partial charge in [0.05, 0.1) is 5.56 Å². The van der Waals surface area contributed by atoms with Crippen LogP contribution in [0.15, 0.2) is 54.6 Å². The van der Waals surface area contributed by atoms with Crippen LogP contribution in [0.1, 0.15) is 34.9 Å². The standard InChI is InChI=1S/C19H18N2O4/c20-18(23)17(13-6-2-1-3-7-13)25-19(24)14-8-4-9-15(12-14)21-11-5-10-16(21)22/h1-4,6-9,12,17H,5,10-11H2,(H2,20,23)/t17-/m1/s1. The van der Waals surface area contributed by atoms with Crippen molar-refractivity contribution in [1.29, 1.82) is 0 Å². The van der Waals surface area contributed by atoms with Gasteiger partial charge in [-0.1, -0.05) is 36.4 Å². The fourth-order valence-corrected chi connectivity index (χ4v) is 2.82. The van der Waals surface area contributed by atoms with Gasteiger partial charge in [-0.3, -0.25) is 9.59 Å². The summed E-state index contributed by atoms with van der Waals surface area (Å²) in [6, 6.07) is 15.2. The van der Waals surface area contributed by atoms with Crippen LogP contribution in [0.2, 0.25) is 0 Å². The molecular weight excluding hydrogens is 320 g/mol. The molecule has 0 spiro atoms. The largest absolute Gasteiger partial charge is 0.444 e. The molecule has 3 rings (SSSR count). The summed E-state index contributed by atoms with van der Waals surface area (Å²) in [5.41, 5.74) is 6.79. The van der Waals surface area contributed by atoms with Crippen molar-refractivity contribution in [2.75, 3.05) is 11.4 Å². The van der Waals surface area contributed by atoms with E-state index in [1.165, 1.54) is 0 Å². The van der Waals surface area contributed by atoms with Crippen molar-refractivity contribution in [1.82, 2.24) is 0 Å². The first-order valence-corrected chi connectivity index (χ1v) is 8.02. The predicted molar refractivity (Wildman–Crippen MR) is 91.8 cm³/mol. The van der Waals surface area contributed by atoms with Crippen molar-refractivity contribution < 1.29 is 19.1 Å². The van der Waals surface area contributed by atoms with E-state index in [2.05, 4.69) is 0 Å².